The SMILES string of the molecule is CCCCN(c1ccc(C#N)c(F)c1)C1CC1. The van der Waals surface area contributed by atoms with Crippen molar-refractivity contribution >= 4 is 5.69 Å². The van der Waals surface area contributed by atoms with Crippen LogP contribution in [-0.4, -0.2) is 12.6 Å². The van der Waals surface area contributed by atoms with Crippen molar-refractivity contribution < 1.29 is 4.39 Å². The average molecular weight is 232 g/mol. The molecule has 0 saturated heterocycles. The number of hydrogen-bond donors (Lipinski definition) is 0. The Morgan fingerprint density at radius 1 is 1.47 bits per heavy atom. The Hall–Kier alpha value is -1.56. The second-order valence-corrected chi connectivity index (χ2v) is 4.55. The molecule has 0 spiro atoms. The molecule has 1 saturated carbocycles. The molecule has 3 heteroatoms. The Morgan fingerprint density at radius 3 is 2.76 bits per heavy atom. The highest BCUT2D eigenvalue weighted by Crippen LogP contribution is 2.32. The fourth-order valence-corrected chi connectivity index (χ4v) is 2.01. The minimum atomic E-state index is -0.410. The Balaban J connectivity index is 2.18. The molecule has 0 amide bonds. The van der Waals surface area contributed by atoms with Crippen LogP contribution < -0.4 is 4.90 Å². The Labute approximate surface area is 102 Å². The minimum absolute atomic E-state index is 0.125. The molecule has 1 aromatic rings. The van der Waals surface area contributed by atoms with Gasteiger partial charge in [0, 0.05) is 18.3 Å². The molecule has 0 N–H and O–H groups in total. The number of hydrogen-bond acceptors (Lipinski definition) is 2. The Kier molecular flexibility index (Phi) is 3.63. The number of benzene rings is 1. The predicted octanol–water partition coefficient (Wildman–Crippen LogP) is 3.47. The summed E-state index contributed by atoms with van der Waals surface area (Å²) < 4.78 is 13.6. The fourth-order valence-electron chi connectivity index (χ4n) is 2.01. The van der Waals surface area contributed by atoms with Gasteiger partial charge in [0.25, 0.3) is 0 Å². The molecule has 2 rings (SSSR count). The molecule has 2 nitrogen and oxygen atoms in total. The summed E-state index contributed by atoms with van der Waals surface area (Å²) >= 11 is 0. The van der Waals surface area contributed by atoms with E-state index in [2.05, 4.69) is 11.8 Å². The molecular formula is C14H17FN2. The van der Waals surface area contributed by atoms with Gasteiger partial charge in [-0.3, -0.25) is 0 Å². The number of nitriles is 1. The molecule has 0 radical (unpaired) electrons. The first-order valence-electron chi connectivity index (χ1n) is 6.22. The van der Waals surface area contributed by atoms with Crippen molar-refractivity contribution in [3.63, 3.8) is 0 Å². The number of unbranched alkanes of at least 4 members (excludes halogenated alkanes) is 1. The van der Waals surface area contributed by atoms with Gasteiger partial charge in [0.15, 0.2) is 0 Å². The molecule has 1 aliphatic rings. The monoisotopic (exact) mass is 232 g/mol. The molecule has 1 fully saturated rings. The maximum atomic E-state index is 13.6. The highest BCUT2D eigenvalue weighted by Gasteiger charge is 2.29. The lowest BCUT2D eigenvalue weighted by Gasteiger charge is -2.24. The summed E-state index contributed by atoms with van der Waals surface area (Å²) in [6, 6.07) is 7.36. The van der Waals surface area contributed by atoms with Gasteiger partial charge in [-0.1, -0.05) is 13.3 Å². The van der Waals surface area contributed by atoms with E-state index in [0.29, 0.717) is 6.04 Å². The van der Waals surface area contributed by atoms with Crippen molar-refractivity contribution in [2.75, 3.05) is 11.4 Å². The third-order valence-electron chi connectivity index (χ3n) is 3.14. The zero-order chi connectivity index (χ0) is 12.3. The Morgan fingerprint density at radius 2 is 2.24 bits per heavy atom. The highest BCUT2D eigenvalue weighted by atomic mass is 19.1. The summed E-state index contributed by atoms with van der Waals surface area (Å²) in [5, 5.41) is 8.71. The van der Waals surface area contributed by atoms with Crippen molar-refractivity contribution in [3.8, 4) is 6.07 Å². The topological polar surface area (TPSA) is 27.0 Å². The average Bonchev–Trinajstić information content (AvgIpc) is 3.14. The van der Waals surface area contributed by atoms with E-state index in [-0.39, 0.29) is 5.56 Å². The van der Waals surface area contributed by atoms with Crippen LogP contribution in [-0.2, 0) is 0 Å². The second-order valence-electron chi connectivity index (χ2n) is 4.55. The van der Waals surface area contributed by atoms with Gasteiger partial charge >= 0.3 is 0 Å². The fraction of sp³-hybridized carbons (Fsp3) is 0.500. The van der Waals surface area contributed by atoms with Crippen LogP contribution in [0.5, 0.6) is 0 Å². The Bertz CT molecular complexity index is 432. The molecule has 0 bridgehead atoms. The number of halogens is 1. The molecule has 0 unspecified atom stereocenters. The van der Waals surface area contributed by atoms with Gasteiger partial charge in [-0.25, -0.2) is 4.39 Å². The number of nitrogens with zero attached hydrogens (tertiary/aromatic N) is 2. The zero-order valence-electron chi connectivity index (χ0n) is 10.1. The third-order valence-corrected chi connectivity index (χ3v) is 3.14. The minimum Gasteiger partial charge on any atom is -0.368 e. The van der Waals surface area contributed by atoms with E-state index in [1.54, 1.807) is 6.07 Å². The van der Waals surface area contributed by atoms with E-state index in [1.807, 2.05) is 12.1 Å². The first kappa shape index (κ1) is 11.9. The van der Waals surface area contributed by atoms with Gasteiger partial charge in [0.2, 0.25) is 0 Å². The molecular weight excluding hydrogens is 215 g/mol. The molecule has 1 aromatic carbocycles. The molecule has 0 aromatic heterocycles. The lowest BCUT2D eigenvalue weighted by molar-refractivity contribution is 0.621. The summed E-state index contributed by atoms with van der Waals surface area (Å²) in [4.78, 5) is 2.27. The summed E-state index contributed by atoms with van der Waals surface area (Å²) in [5.41, 5.74) is 1.04. The van der Waals surface area contributed by atoms with Gasteiger partial charge in [0.1, 0.15) is 11.9 Å². The number of anilines is 1. The maximum Gasteiger partial charge on any atom is 0.143 e. The lowest BCUT2D eigenvalue weighted by atomic mass is 10.2. The van der Waals surface area contributed by atoms with E-state index in [1.165, 1.54) is 18.9 Å². The predicted molar refractivity (Wildman–Crippen MR) is 66.4 cm³/mol. The molecule has 17 heavy (non-hydrogen) atoms. The molecule has 0 aliphatic heterocycles. The van der Waals surface area contributed by atoms with Crippen LogP contribution >= 0.6 is 0 Å². The van der Waals surface area contributed by atoms with E-state index < -0.39 is 5.82 Å². The quantitative estimate of drug-likeness (QED) is 0.777. The lowest BCUT2D eigenvalue weighted by Crippen LogP contribution is -2.26. The summed E-state index contributed by atoms with van der Waals surface area (Å²) in [6.07, 6.45) is 4.66. The first-order valence-corrected chi connectivity index (χ1v) is 6.22. The molecule has 0 heterocycles. The van der Waals surface area contributed by atoms with Gasteiger partial charge in [0.05, 0.1) is 5.56 Å². The smallest absolute Gasteiger partial charge is 0.143 e. The van der Waals surface area contributed by atoms with Gasteiger partial charge in [-0.05, 0) is 37.5 Å². The van der Waals surface area contributed by atoms with Crippen LogP contribution in [0.3, 0.4) is 0 Å². The van der Waals surface area contributed by atoms with Crippen LogP contribution in [0.25, 0.3) is 0 Å². The van der Waals surface area contributed by atoms with Gasteiger partial charge in [-0.2, -0.15) is 5.26 Å². The van der Waals surface area contributed by atoms with E-state index in [9.17, 15) is 4.39 Å². The van der Waals surface area contributed by atoms with Crippen LogP contribution in [0.15, 0.2) is 18.2 Å². The standard InChI is InChI=1S/C14H17FN2/c1-2-3-8-17(12-6-7-12)13-5-4-11(10-16)14(15)9-13/h4-5,9,12H,2-3,6-8H2,1H3. The van der Waals surface area contributed by atoms with Crippen LogP contribution in [0, 0.1) is 17.1 Å². The second kappa shape index (κ2) is 5.18. The van der Waals surface area contributed by atoms with Crippen LogP contribution in [0.2, 0.25) is 0 Å². The third kappa shape index (κ3) is 2.76. The summed E-state index contributed by atoms with van der Waals surface area (Å²) in [6.45, 7) is 3.14. The summed E-state index contributed by atoms with van der Waals surface area (Å²) in [5.74, 6) is -0.410. The van der Waals surface area contributed by atoms with Crippen molar-refractivity contribution in [1.82, 2.24) is 0 Å². The summed E-state index contributed by atoms with van der Waals surface area (Å²) in [7, 11) is 0. The van der Waals surface area contributed by atoms with E-state index in [0.717, 1.165) is 25.1 Å². The normalized spacial score (nSPS) is 14.4. The van der Waals surface area contributed by atoms with Crippen molar-refractivity contribution in [2.45, 2.75) is 38.6 Å². The van der Waals surface area contributed by atoms with Crippen molar-refractivity contribution in [1.29, 1.82) is 5.26 Å². The molecule has 0 atom stereocenters. The van der Waals surface area contributed by atoms with Gasteiger partial charge in [-0.15, -0.1) is 0 Å². The zero-order valence-corrected chi connectivity index (χ0v) is 10.1. The van der Waals surface area contributed by atoms with E-state index in [4.69, 9.17) is 5.26 Å². The van der Waals surface area contributed by atoms with Gasteiger partial charge < -0.3 is 4.90 Å². The maximum absolute atomic E-state index is 13.6. The van der Waals surface area contributed by atoms with Crippen molar-refractivity contribution in [3.05, 3.63) is 29.6 Å². The molecule has 1 aliphatic carbocycles. The first-order chi connectivity index (χ1) is 8.26. The number of rotatable bonds is 5. The van der Waals surface area contributed by atoms with Crippen molar-refractivity contribution in [2.24, 2.45) is 0 Å². The molecule has 90 valence electrons. The largest absolute Gasteiger partial charge is 0.368 e. The van der Waals surface area contributed by atoms with Crippen LogP contribution in [0.4, 0.5) is 10.1 Å². The highest BCUT2D eigenvalue weighted by molar-refractivity contribution is 5.52. The van der Waals surface area contributed by atoms with E-state index >= 15 is 0 Å². The van der Waals surface area contributed by atoms with Crippen LogP contribution in [0.1, 0.15) is 38.2 Å².